The van der Waals surface area contributed by atoms with E-state index in [0.717, 1.165) is 0 Å². The lowest BCUT2D eigenvalue weighted by atomic mass is 9.70. The molecule has 0 N–H and O–H groups in total. The Morgan fingerprint density at radius 3 is 1.76 bits per heavy atom. The Morgan fingerprint density at radius 1 is 0.882 bits per heavy atom. The molecule has 2 unspecified atom stereocenters. The zero-order valence-corrected chi connectivity index (χ0v) is 14.1. The van der Waals surface area contributed by atoms with Crippen LogP contribution in [-0.2, 0) is 0 Å². The lowest BCUT2D eigenvalue weighted by Gasteiger charge is -2.44. The molecule has 0 saturated heterocycles. The predicted octanol–water partition coefficient (Wildman–Crippen LogP) is 5.45. The van der Waals surface area contributed by atoms with Crippen molar-refractivity contribution in [1.29, 1.82) is 0 Å². The van der Waals surface area contributed by atoms with E-state index in [0.29, 0.717) is 24.6 Å². The average molecular weight is 379 g/mol. The summed E-state index contributed by atoms with van der Waals surface area (Å²) in [5, 5.41) is 0. The fourth-order valence-electron chi connectivity index (χ4n) is 3.49. The van der Waals surface area contributed by atoms with E-state index in [1.165, 1.54) is 0 Å². The molecule has 0 aromatic heterocycles. The normalized spacial score (nSPS) is 40.8. The summed E-state index contributed by atoms with van der Waals surface area (Å²) in [4.78, 5) is 0. The van der Waals surface area contributed by atoms with Crippen LogP contribution in [0.2, 0.25) is 0 Å². The highest BCUT2D eigenvalue weighted by molar-refractivity contribution is 6.52. The molecular formula is C10H11Cl7. The fraction of sp³-hybridized carbons (Fsp3) is 1.00. The van der Waals surface area contributed by atoms with Crippen LogP contribution < -0.4 is 0 Å². The van der Waals surface area contributed by atoms with Crippen LogP contribution in [0, 0.1) is 16.7 Å². The molecule has 0 aromatic rings. The summed E-state index contributed by atoms with van der Waals surface area (Å²) in [6, 6.07) is 0. The van der Waals surface area contributed by atoms with Crippen molar-refractivity contribution in [2.24, 2.45) is 16.7 Å². The van der Waals surface area contributed by atoms with Crippen molar-refractivity contribution in [2.45, 2.75) is 21.5 Å². The zero-order chi connectivity index (χ0) is 13.1. The molecule has 17 heavy (non-hydrogen) atoms. The Balaban J connectivity index is 2.60. The highest BCUT2D eigenvalue weighted by atomic mass is 35.5. The molecule has 2 aliphatic carbocycles. The maximum atomic E-state index is 6.44. The van der Waals surface area contributed by atoms with E-state index in [4.69, 9.17) is 81.2 Å². The minimum atomic E-state index is -0.976. The number of hydrogen-bond acceptors (Lipinski definition) is 0. The molecule has 2 bridgehead atoms. The smallest absolute Gasteiger partial charge is 0.126 e. The molecule has 2 rings (SSSR count). The molecule has 0 amide bonds. The Kier molecular flexibility index (Phi) is 4.10. The summed E-state index contributed by atoms with van der Waals surface area (Å²) in [5.41, 5.74) is -1.15. The summed E-state index contributed by atoms with van der Waals surface area (Å²) in [6.45, 7) is 0. The van der Waals surface area contributed by atoms with Gasteiger partial charge in [0.2, 0.25) is 0 Å². The molecule has 0 heterocycles. The first-order valence-electron chi connectivity index (χ1n) is 5.16. The maximum absolute atomic E-state index is 6.44. The van der Waals surface area contributed by atoms with Gasteiger partial charge >= 0.3 is 0 Å². The van der Waals surface area contributed by atoms with Gasteiger partial charge in [0.05, 0.1) is 0 Å². The number of rotatable bonds is 3. The highest BCUT2D eigenvalue weighted by Crippen LogP contribution is 2.78. The van der Waals surface area contributed by atoms with E-state index in [1.54, 1.807) is 0 Å². The van der Waals surface area contributed by atoms with Crippen molar-refractivity contribution >= 4 is 81.2 Å². The molecule has 2 saturated carbocycles. The average Bonchev–Trinajstić information content (AvgIpc) is 2.56. The van der Waals surface area contributed by atoms with Crippen LogP contribution in [0.5, 0.6) is 0 Å². The van der Waals surface area contributed by atoms with Crippen LogP contribution >= 0.6 is 81.2 Å². The van der Waals surface area contributed by atoms with E-state index in [9.17, 15) is 0 Å². The van der Waals surface area contributed by atoms with Gasteiger partial charge in [0.15, 0.2) is 0 Å². The van der Waals surface area contributed by atoms with Gasteiger partial charge in [0.1, 0.15) is 8.67 Å². The van der Waals surface area contributed by atoms with Gasteiger partial charge in [-0.15, -0.1) is 81.2 Å². The second kappa shape index (κ2) is 4.52. The SMILES string of the molecule is ClCC1(CCl)C2CC(Cl)(Cl)C1(CCl)CC2(Cl)Cl. The second-order valence-electron chi connectivity index (χ2n) is 5.04. The molecule has 0 aromatic carbocycles. The van der Waals surface area contributed by atoms with E-state index in [2.05, 4.69) is 0 Å². The quantitative estimate of drug-likeness (QED) is 0.572. The topological polar surface area (TPSA) is 0 Å². The standard InChI is InChI=1S/C10H11Cl7/c11-3-7(4-12)6-1-10(16,17)8(7,5-13)2-9(6,14)15/h6H,1-5H2. The van der Waals surface area contributed by atoms with Gasteiger partial charge in [-0.25, -0.2) is 0 Å². The van der Waals surface area contributed by atoms with Crippen LogP contribution in [0.1, 0.15) is 12.8 Å². The molecule has 2 fully saturated rings. The van der Waals surface area contributed by atoms with Gasteiger partial charge in [-0.1, -0.05) is 0 Å². The third-order valence-corrected chi connectivity index (χ3v) is 7.77. The first-order valence-corrected chi connectivity index (χ1v) is 8.28. The summed E-state index contributed by atoms with van der Waals surface area (Å²) < 4.78 is -1.89. The van der Waals surface area contributed by atoms with Crippen LogP contribution in [0.15, 0.2) is 0 Å². The van der Waals surface area contributed by atoms with Crippen molar-refractivity contribution in [3.05, 3.63) is 0 Å². The van der Waals surface area contributed by atoms with Crippen LogP contribution in [0.3, 0.4) is 0 Å². The van der Waals surface area contributed by atoms with Gasteiger partial charge < -0.3 is 0 Å². The van der Waals surface area contributed by atoms with Crippen molar-refractivity contribution in [3.8, 4) is 0 Å². The molecule has 0 radical (unpaired) electrons. The summed E-state index contributed by atoms with van der Waals surface area (Å²) in [7, 11) is 0. The van der Waals surface area contributed by atoms with Crippen molar-refractivity contribution < 1.29 is 0 Å². The molecule has 0 aliphatic heterocycles. The molecule has 2 aliphatic rings. The van der Waals surface area contributed by atoms with Crippen molar-refractivity contribution in [3.63, 3.8) is 0 Å². The maximum Gasteiger partial charge on any atom is 0.126 e. The fourth-order valence-corrected chi connectivity index (χ4v) is 7.36. The molecule has 0 nitrogen and oxygen atoms in total. The van der Waals surface area contributed by atoms with Gasteiger partial charge in [0, 0.05) is 34.4 Å². The Labute approximate surface area is 136 Å². The Morgan fingerprint density at radius 2 is 1.41 bits per heavy atom. The first-order chi connectivity index (χ1) is 7.73. The zero-order valence-electron chi connectivity index (χ0n) is 8.76. The van der Waals surface area contributed by atoms with Gasteiger partial charge in [-0.05, 0) is 12.8 Å². The summed E-state index contributed by atoms with van der Waals surface area (Å²) in [6.07, 6.45) is 0.888. The first kappa shape index (κ1) is 15.4. The van der Waals surface area contributed by atoms with Crippen molar-refractivity contribution in [2.75, 3.05) is 17.6 Å². The Bertz CT molecular complexity index is 323. The molecule has 0 spiro atoms. The Hall–Kier alpha value is 2.03. The van der Waals surface area contributed by atoms with Gasteiger partial charge in [-0.3, -0.25) is 0 Å². The number of halogens is 7. The molecule has 100 valence electrons. The molecule has 7 heteroatoms. The second-order valence-corrected chi connectivity index (χ2v) is 8.87. The van der Waals surface area contributed by atoms with Crippen LogP contribution in [-0.4, -0.2) is 26.3 Å². The highest BCUT2D eigenvalue weighted by Gasteiger charge is 2.79. The lowest BCUT2D eigenvalue weighted by Crippen LogP contribution is -2.48. The lowest BCUT2D eigenvalue weighted by molar-refractivity contribution is 0.157. The third kappa shape index (κ3) is 1.71. The number of fused-ring (bicyclic) bond motifs is 2. The number of alkyl halides is 7. The van der Waals surface area contributed by atoms with E-state index in [1.807, 2.05) is 0 Å². The third-order valence-electron chi connectivity index (χ3n) is 4.53. The van der Waals surface area contributed by atoms with E-state index < -0.39 is 19.5 Å². The molecular weight excluding hydrogens is 368 g/mol. The number of hydrogen-bond donors (Lipinski definition) is 0. The van der Waals surface area contributed by atoms with Crippen LogP contribution in [0.25, 0.3) is 0 Å². The predicted molar refractivity (Wildman–Crippen MR) is 78.6 cm³/mol. The minimum Gasteiger partial charge on any atom is -0.126 e. The van der Waals surface area contributed by atoms with E-state index in [-0.39, 0.29) is 11.8 Å². The molecule has 2 atom stereocenters. The minimum absolute atomic E-state index is 0.137. The monoisotopic (exact) mass is 376 g/mol. The summed E-state index contributed by atoms with van der Waals surface area (Å²) >= 11 is 44.0. The van der Waals surface area contributed by atoms with Gasteiger partial charge in [0.25, 0.3) is 0 Å². The van der Waals surface area contributed by atoms with Crippen molar-refractivity contribution in [1.82, 2.24) is 0 Å². The largest absolute Gasteiger partial charge is 0.126 e. The summed E-state index contributed by atoms with van der Waals surface area (Å²) in [5.74, 6) is 0.714. The van der Waals surface area contributed by atoms with Gasteiger partial charge in [-0.2, -0.15) is 0 Å². The van der Waals surface area contributed by atoms with E-state index >= 15 is 0 Å². The van der Waals surface area contributed by atoms with Crippen LogP contribution in [0.4, 0.5) is 0 Å².